The molecule has 0 aromatic heterocycles. The molecular formula is C27H31FN4. The SMILES string of the molecule is CC(Cc1ccccc1C1=CNC=NC1C(C)(C)C)C1N=CNC=C1c1ccc(F)cc1. The first-order valence-electron chi connectivity index (χ1n) is 11.1. The zero-order valence-corrected chi connectivity index (χ0v) is 19.1. The molecule has 5 heteroatoms. The quantitative estimate of drug-likeness (QED) is 0.664. The van der Waals surface area contributed by atoms with Crippen LogP contribution in [0.25, 0.3) is 11.1 Å². The summed E-state index contributed by atoms with van der Waals surface area (Å²) in [5, 5.41) is 6.29. The lowest BCUT2D eigenvalue weighted by Gasteiger charge is -2.33. The van der Waals surface area contributed by atoms with Crippen LogP contribution < -0.4 is 10.6 Å². The summed E-state index contributed by atoms with van der Waals surface area (Å²) in [6, 6.07) is 15.3. The van der Waals surface area contributed by atoms with Crippen molar-refractivity contribution in [2.75, 3.05) is 0 Å². The van der Waals surface area contributed by atoms with Gasteiger partial charge in [-0.1, -0.05) is 64.1 Å². The largest absolute Gasteiger partial charge is 0.353 e. The predicted octanol–water partition coefficient (Wildman–Crippen LogP) is 5.43. The number of nitrogens with zero attached hydrogens (tertiary/aromatic N) is 2. The van der Waals surface area contributed by atoms with Crippen molar-refractivity contribution in [1.29, 1.82) is 0 Å². The molecule has 0 aliphatic carbocycles. The Labute approximate surface area is 190 Å². The van der Waals surface area contributed by atoms with E-state index in [1.807, 2.05) is 18.3 Å². The second-order valence-corrected chi connectivity index (χ2v) is 9.65. The van der Waals surface area contributed by atoms with Crippen LogP contribution >= 0.6 is 0 Å². The normalized spacial score (nSPS) is 21.3. The van der Waals surface area contributed by atoms with E-state index in [1.54, 1.807) is 12.7 Å². The average molecular weight is 431 g/mol. The second kappa shape index (κ2) is 9.11. The third-order valence-corrected chi connectivity index (χ3v) is 6.11. The lowest BCUT2D eigenvalue weighted by Crippen LogP contribution is -2.31. The number of hydrogen-bond acceptors (Lipinski definition) is 4. The average Bonchev–Trinajstić information content (AvgIpc) is 2.79. The van der Waals surface area contributed by atoms with Gasteiger partial charge in [0.2, 0.25) is 0 Å². The fraction of sp³-hybridized carbons (Fsp3) is 0.333. The summed E-state index contributed by atoms with van der Waals surface area (Å²) in [7, 11) is 0. The molecule has 2 aromatic rings. The molecule has 0 radical (unpaired) electrons. The minimum absolute atomic E-state index is 0.00957. The summed E-state index contributed by atoms with van der Waals surface area (Å²) in [5.41, 5.74) is 5.81. The van der Waals surface area contributed by atoms with Crippen molar-refractivity contribution in [2.45, 2.75) is 46.2 Å². The molecule has 166 valence electrons. The maximum atomic E-state index is 13.4. The second-order valence-electron chi connectivity index (χ2n) is 9.65. The highest BCUT2D eigenvalue weighted by Gasteiger charge is 2.31. The minimum Gasteiger partial charge on any atom is -0.353 e. The van der Waals surface area contributed by atoms with Gasteiger partial charge in [-0.25, -0.2) is 4.39 Å². The summed E-state index contributed by atoms with van der Waals surface area (Å²) in [6.45, 7) is 8.91. The number of nitrogens with one attached hydrogen (secondary N) is 2. The van der Waals surface area contributed by atoms with Crippen molar-refractivity contribution in [1.82, 2.24) is 10.6 Å². The Hall–Kier alpha value is -3.21. The number of hydrogen-bond donors (Lipinski definition) is 2. The summed E-state index contributed by atoms with van der Waals surface area (Å²) >= 11 is 0. The molecule has 0 saturated heterocycles. The van der Waals surface area contributed by atoms with Gasteiger partial charge in [-0.15, -0.1) is 0 Å². The highest BCUT2D eigenvalue weighted by Crippen LogP contribution is 2.37. The van der Waals surface area contributed by atoms with Gasteiger partial charge in [-0.3, -0.25) is 9.98 Å². The van der Waals surface area contributed by atoms with E-state index in [0.29, 0.717) is 0 Å². The van der Waals surface area contributed by atoms with Gasteiger partial charge in [-0.2, -0.15) is 0 Å². The molecule has 2 heterocycles. The number of benzene rings is 2. The van der Waals surface area contributed by atoms with Crippen LogP contribution in [0.2, 0.25) is 0 Å². The molecule has 4 rings (SSSR count). The lowest BCUT2D eigenvalue weighted by molar-refractivity contribution is 0.374. The maximum absolute atomic E-state index is 13.4. The fourth-order valence-electron chi connectivity index (χ4n) is 4.52. The molecule has 0 bridgehead atoms. The van der Waals surface area contributed by atoms with Crippen LogP contribution in [0.15, 0.2) is 70.9 Å². The van der Waals surface area contributed by atoms with Crippen molar-refractivity contribution in [3.8, 4) is 0 Å². The number of rotatable bonds is 5. The molecule has 0 spiro atoms. The van der Waals surface area contributed by atoms with E-state index in [9.17, 15) is 4.39 Å². The van der Waals surface area contributed by atoms with Gasteiger partial charge in [0.05, 0.1) is 24.8 Å². The van der Waals surface area contributed by atoms with Crippen LogP contribution in [0.4, 0.5) is 4.39 Å². The molecule has 3 unspecified atom stereocenters. The molecule has 4 nitrogen and oxygen atoms in total. The maximum Gasteiger partial charge on any atom is 0.123 e. The first kappa shape index (κ1) is 22.0. The van der Waals surface area contributed by atoms with Gasteiger partial charge < -0.3 is 10.6 Å². The smallest absolute Gasteiger partial charge is 0.123 e. The zero-order chi connectivity index (χ0) is 22.7. The molecule has 0 saturated carbocycles. The van der Waals surface area contributed by atoms with Crippen LogP contribution in [0.3, 0.4) is 0 Å². The molecule has 2 aliphatic rings. The zero-order valence-electron chi connectivity index (χ0n) is 19.1. The third kappa shape index (κ3) is 4.67. The van der Waals surface area contributed by atoms with Crippen LogP contribution in [0.1, 0.15) is 44.4 Å². The lowest BCUT2D eigenvalue weighted by atomic mass is 9.77. The Morgan fingerprint density at radius 1 is 0.906 bits per heavy atom. The Balaban J connectivity index is 1.61. The fourth-order valence-corrected chi connectivity index (χ4v) is 4.52. The Morgan fingerprint density at radius 3 is 2.28 bits per heavy atom. The summed E-state index contributed by atoms with van der Waals surface area (Å²) in [6.07, 6.45) is 8.46. The molecular weight excluding hydrogens is 399 g/mol. The van der Waals surface area contributed by atoms with Crippen LogP contribution in [-0.2, 0) is 6.42 Å². The van der Waals surface area contributed by atoms with Gasteiger partial charge >= 0.3 is 0 Å². The highest BCUT2D eigenvalue weighted by molar-refractivity contribution is 5.79. The van der Waals surface area contributed by atoms with Crippen molar-refractivity contribution >= 4 is 23.8 Å². The molecule has 3 atom stereocenters. The van der Waals surface area contributed by atoms with Crippen molar-refractivity contribution < 1.29 is 4.39 Å². The first-order chi connectivity index (χ1) is 15.3. The molecule has 32 heavy (non-hydrogen) atoms. The van der Waals surface area contributed by atoms with E-state index < -0.39 is 0 Å². The van der Waals surface area contributed by atoms with Crippen molar-refractivity contribution in [3.05, 3.63) is 83.4 Å². The monoisotopic (exact) mass is 430 g/mol. The Kier molecular flexibility index (Phi) is 6.26. The van der Waals surface area contributed by atoms with Gasteiger partial charge in [0.1, 0.15) is 5.82 Å². The van der Waals surface area contributed by atoms with E-state index in [4.69, 9.17) is 9.98 Å². The summed E-state index contributed by atoms with van der Waals surface area (Å²) in [4.78, 5) is 9.51. The standard InChI is InChI=1S/C27H31FN4/c1-18(25-23(14-29-16-31-25)19-9-11-21(28)12-10-19)13-20-7-5-6-8-22(20)24-15-30-17-32-26(24)27(2,3)4/h5-12,14-18,25-26H,13H2,1-4H3,(H,29,31)(H,30,32). The van der Waals surface area contributed by atoms with E-state index in [0.717, 1.165) is 17.6 Å². The number of aliphatic imine (C=N–C) groups is 2. The predicted molar refractivity (Wildman–Crippen MR) is 132 cm³/mol. The molecule has 0 fully saturated rings. The van der Waals surface area contributed by atoms with Gasteiger partial charge in [0.25, 0.3) is 0 Å². The summed E-state index contributed by atoms with van der Waals surface area (Å²) < 4.78 is 13.4. The van der Waals surface area contributed by atoms with Crippen LogP contribution in [-0.4, -0.2) is 24.8 Å². The van der Waals surface area contributed by atoms with Gasteiger partial charge in [0.15, 0.2) is 0 Å². The Morgan fingerprint density at radius 2 is 1.56 bits per heavy atom. The highest BCUT2D eigenvalue weighted by atomic mass is 19.1. The first-order valence-corrected chi connectivity index (χ1v) is 11.1. The number of halogens is 1. The van der Waals surface area contributed by atoms with Crippen LogP contribution in [0, 0.1) is 17.2 Å². The van der Waals surface area contributed by atoms with Gasteiger partial charge in [-0.05, 0) is 46.6 Å². The van der Waals surface area contributed by atoms with Gasteiger partial charge in [0, 0.05) is 23.5 Å². The van der Waals surface area contributed by atoms with Crippen LogP contribution in [0.5, 0.6) is 0 Å². The topological polar surface area (TPSA) is 48.8 Å². The van der Waals surface area contributed by atoms with E-state index in [-0.39, 0.29) is 29.2 Å². The molecule has 2 N–H and O–H groups in total. The molecule has 2 aromatic carbocycles. The van der Waals surface area contributed by atoms with E-state index in [2.05, 4.69) is 68.8 Å². The third-order valence-electron chi connectivity index (χ3n) is 6.11. The summed E-state index contributed by atoms with van der Waals surface area (Å²) in [5.74, 6) is 0.0186. The van der Waals surface area contributed by atoms with Crippen molar-refractivity contribution in [3.63, 3.8) is 0 Å². The van der Waals surface area contributed by atoms with E-state index >= 15 is 0 Å². The Bertz CT molecular complexity index is 1070. The van der Waals surface area contributed by atoms with E-state index in [1.165, 1.54) is 28.8 Å². The van der Waals surface area contributed by atoms with Crippen molar-refractivity contribution in [2.24, 2.45) is 21.3 Å². The molecule has 0 amide bonds. The minimum atomic E-state index is -0.231. The molecule has 2 aliphatic heterocycles.